The van der Waals surface area contributed by atoms with Crippen LogP contribution in [0.5, 0.6) is 0 Å². The lowest BCUT2D eigenvalue weighted by Gasteiger charge is -2.12. The van der Waals surface area contributed by atoms with Crippen LogP contribution in [0.4, 0.5) is 14.9 Å². The molecule has 0 aromatic heterocycles. The average Bonchev–Trinajstić information content (AvgIpc) is 3.19. The average molecular weight is 390 g/mol. The van der Waals surface area contributed by atoms with Crippen LogP contribution in [0.1, 0.15) is 31.2 Å². The number of benzene rings is 2. The number of rotatable bonds is 6. The standard InChI is InChI=1S/C20H23FN2O3S/c21-19-8-4-1-5-15(19)13-14-22-20(24)23-16-9-11-18(12-10-16)27(25,26)17-6-2-3-7-17/h1,4-5,8-12,17H,2-3,6-7,13-14H2,(H2,22,23,24). The van der Waals surface area contributed by atoms with E-state index < -0.39 is 15.9 Å². The minimum Gasteiger partial charge on any atom is -0.338 e. The molecule has 2 aromatic rings. The summed E-state index contributed by atoms with van der Waals surface area (Å²) in [4.78, 5) is 12.2. The van der Waals surface area contributed by atoms with Crippen LogP contribution in [0.15, 0.2) is 53.4 Å². The Labute approximate surface area is 158 Å². The number of hydrogen-bond donors (Lipinski definition) is 2. The summed E-state index contributed by atoms with van der Waals surface area (Å²) in [7, 11) is -3.30. The maximum atomic E-state index is 13.5. The molecule has 0 heterocycles. The van der Waals surface area contributed by atoms with Crippen LogP contribution in [0.2, 0.25) is 0 Å². The molecule has 1 aliphatic carbocycles. The highest BCUT2D eigenvalue weighted by Crippen LogP contribution is 2.30. The third-order valence-electron chi connectivity index (χ3n) is 4.82. The summed E-state index contributed by atoms with van der Waals surface area (Å²) in [6.45, 7) is 0.293. The first-order valence-electron chi connectivity index (χ1n) is 9.09. The highest BCUT2D eigenvalue weighted by Gasteiger charge is 2.30. The number of sulfone groups is 1. The van der Waals surface area contributed by atoms with Gasteiger partial charge in [0.05, 0.1) is 10.1 Å². The van der Waals surface area contributed by atoms with E-state index in [-0.39, 0.29) is 11.1 Å². The van der Waals surface area contributed by atoms with Gasteiger partial charge in [-0.25, -0.2) is 17.6 Å². The van der Waals surface area contributed by atoms with E-state index in [1.54, 1.807) is 30.3 Å². The lowest BCUT2D eigenvalue weighted by molar-refractivity contribution is 0.252. The molecule has 0 spiro atoms. The van der Waals surface area contributed by atoms with E-state index in [2.05, 4.69) is 10.6 Å². The van der Waals surface area contributed by atoms with Crippen molar-refractivity contribution in [2.75, 3.05) is 11.9 Å². The first-order chi connectivity index (χ1) is 13.0. The zero-order valence-electron chi connectivity index (χ0n) is 14.9. The van der Waals surface area contributed by atoms with Crippen LogP contribution in [0.25, 0.3) is 0 Å². The number of nitrogens with one attached hydrogen (secondary N) is 2. The van der Waals surface area contributed by atoms with Crippen molar-refractivity contribution in [2.24, 2.45) is 0 Å². The zero-order valence-corrected chi connectivity index (χ0v) is 15.8. The van der Waals surface area contributed by atoms with Gasteiger partial charge in [-0.1, -0.05) is 31.0 Å². The van der Waals surface area contributed by atoms with Gasteiger partial charge < -0.3 is 10.6 Å². The van der Waals surface area contributed by atoms with Crippen molar-refractivity contribution in [1.29, 1.82) is 0 Å². The van der Waals surface area contributed by atoms with Crippen LogP contribution >= 0.6 is 0 Å². The number of carbonyl (C=O) groups excluding carboxylic acids is 1. The summed E-state index contributed by atoms with van der Waals surface area (Å²) >= 11 is 0. The molecule has 2 N–H and O–H groups in total. The fourth-order valence-electron chi connectivity index (χ4n) is 3.31. The van der Waals surface area contributed by atoms with E-state index in [4.69, 9.17) is 0 Å². The summed E-state index contributed by atoms with van der Waals surface area (Å²) in [5.41, 5.74) is 1.04. The highest BCUT2D eigenvalue weighted by molar-refractivity contribution is 7.92. The molecule has 1 fully saturated rings. The molecule has 2 amide bonds. The molecule has 27 heavy (non-hydrogen) atoms. The Kier molecular flexibility index (Phi) is 6.11. The van der Waals surface area contributed by atoms with Crippen molar-refractivity contribution in [3.63, 3.8) is 0 Å². The summed E-state index contributed by atoms with van der Waals surface area (Å²) in [6.07, 6.45) is 3.73. The smallest absolute Gasteiger partial charge is 0.319 e. The van der Waals surface area contributed by atoms with Crippen LogP contribution < -0.4 is 10.6 Å². The third kappa shape index (κ3) is 4.86. The summed E-state index contributed by atoms with van der Waals surface area (Å²) in [5.74, 6) is -0.293. The van der Waals surface area contributed by atoms with Gasteiger partial charge in [0.2, 0.25) is 0 Å². The molecule has 0 radical (unpaired) electrons. The largest absolute Gasteiger partial charge is 0.338 e. The molecule has 2 aromatic carbocycles. The summed E-state index contributed by atoms with van der Waals surface area (Å²) in [5, 5.41) is 5.02. The number of halogens is 1. The second-order valence-corrected chi connectivity index (χ2v) is 8.93. The van der Waals surface area contributed by atoms with Gasteiger partial charge in [-0.05, 0) is 55.2 Å². The predicted octanol–water partition coefficient (Wildman–Crippen LogP) is 3.91. The van der Waals surface area contributed by atoms with Gasteiger partial charge in [0.25, 0.3) is 0 Å². The number of amides is 2. The van der Waals surface area contributed by atoms with Gasteiger partial charge >= 0.3 is 6.03 Å². The molecule has 3 rings (SSSR count). The van der Waals surface area contributed by atoms with Crippen molar-refractivity contribution in [3.05, 3.63) is 59.9 Å². The van der Waals surface area contributed by atoms with Gasteiger partial charge in [-0.3, -0.25) is 0 Å². The summed E-state index contributed by atoms with van der Waals surface area (Å²) < 4.78 is 38.6. The Morgan fingerprint density at radius 3 is 2.37 bits per heavy atom. The van der Waals surface area contributed by atoms with E-state index in [0.29, 0.717) is 42.0 Å². The van der Waals surface area contributed by atoms with Crippen molar-refractivity contribution >= 4 is 21.6 Å². The molecule has 0 aliphatic heterocycles. The molecule has 1 aliphatic rings. The predicted molar refractivity (Wildman–Crippen MR) is 103 cm³/mol. The maximum Gasteiger partial charge on any atom is 0.319 e. The van der Waals surface area contributed by atoms with E-state index in [1.165, 1.54) is 18.2 Å². The Bertz CT molecular complexity index is 892. The molecule has 0 unspecified atom stereocenters. The third-order valence-corrected chi connectivity index (χ3v) is 7.10. The maximum absolute atomic E-state index is 13.5. The topological polar surface area (TPSA) is 75.3 Å². The molecular weight excluding hydrogens is 367 g/mol. The molecule has 0 atom stereocenters. The Morgan fingerprint density at radius 2 is 1.70 bits per heavy atom. The van der Waals surface area contributed by atoms with Gasteiger partial charge in [-0.15, -0.1) is 0 Å². The van der Waals surface area contributed by atoms with E-state index in [0.717, 1.165) is 12.8 Å². The monoisotopic (exact) mass is 390 g/mol. The van der Waals surface area contributed by atoms with Crippen molar-refractivity contribution in [2.45, 2.75) is 42.2 Å². The quantitative estimate of drug-likeness (QED) is 0.785. The molecular formula is C20H23FN2O3S. The minimum absolute atomic E-state index is 0.292. The van der Waals surface area contributed by atoms with Crippen LogP contribution in [0, 0.1) is 5.82 Å². The van der Waals surface area contributed by atoms with Gasteiger partial charge in [-0.2, -0.15) is 0 Å². The fourth-order valence-corrected chi connectivity index (χ4v) is 5.16. The lowest BCUT2D eigenvalue weighted by Crippen LogP contribution is -2.30. The second-order valence-electron chi connectivity index (χ2n) is 6.70. The first kappa shape index (κ1) is 19.4. The Balaban J connectivity index is 1.52. The molecule has 0 bridgehead atoms. The number of anilines is 1. The van der Waals surface area contributed by atoms with Crippen molar-refractivity contribution in [1.82, 2.24) is 5.32 Å². The lowest BCUT2D eigenvalue weighted by atomic mass is 10.1. The van der Waals surface area contributed by atoms with Crippen LogP contribution in [-0.2, 0) is 16.3 Å². The van der Waals surface area contributed by atoms with Gasteiger partial charge in [0.1, 0.15) is 5.82 Å². The fraction of sp³-hybridized carbons (Fsp3) is 0.350. The molecule has 5 nitrogen and oxygen atoms in total. The number of carbonyl (C=O) groups is 1. The normalized spacial score (nSPS) is 14.9. The molecule has 1 saturated carbocycles. The molecule has 144 valence electrons. The first-order valence-corrected chi connectivity index (χ1v) is 10.6. The van der Waals surface area contributed by atoms with E-state index >= 15 is 0 Å². The number of hydrogen-bond acceptors (Lipinski definition) is 3. The van der Waals surface area contributed by atoms with Gasteiger partial charge in [0.15, 0.2) is 9.84 Å². The van der Waals surface area contributed by atoms with Crippen molar-refractivity contribution < 1.29 is 17.6 Å². The highest BCUT2D eigenvalue weighted by atomic mass is 32.2. The zero-order chi connectivity index (χ0) is 19.3. The van der Waals surface area contributed by atoms with E-state index in [9.17, 15) is 17.6 Å². The van der Waals surface area contributed by atoms with Crippen molar-refractivity contribution in [3.8, 4) is 0 Å². The summed E-state index contributed by atoms with van der Waals surface area (Å²) in [6, 6.07) is 12.2. The molecule has 0 saturated heterocycles. The SMILES string of the molecule is O=C(NCCc1ccccc1F)Nc1ccc(S(=O)(=O)C2CCCC2)cc1. The Hall–Kier alpha value is -2.41. The van der Waals surface area contributed by atoms with Crippen LogP contribution in [-0.4, -0.2) is 26.2 Å². The molecule has 7 heteroatoms. The number of urea groups is 1. The van der Waals surface area contributed by atoms with E-state index in [1.807, 2.05) is 0 Å². The van der Waals surface area contributed by atoms with Crippen LogP contribution in [0.3, 0.4) is 0 Å². The minimum atomic E-state index is -3.30. The second kappa shape index (κ2) is 8.52. The van der Waals surface area contributed by atoms with Gasteiger partial charge in [0, 0.05) is 12.2 Å². The Morgan fingerprint density at radius 1 is 1.04 bits per heavy atom.